The zero-order valence-corrected chi connectivity index (χ0v) is 27.5. The van der Waals surface area contributed by atoms with Crippen LogP contribution in [0.3, 0.4) is 0 Å². The topological polar surface area (TPSA) is 221 Å². The van der Waals surface area contributed by atoms with Gasteiger partial charge >= 0.3 is 0 Å². The van der Waals surface area contributed by atoms with Crippen molar-refractivity contribution in [3.05, 3.63) is 0 Å². The van der Waals surface area contributed by atoms with Crippen molar-refractivity contribution < 1.29 is 42.8 Å². The van der Waals surface area contributed by atoms with E-state index >= 15 is 0 Å². The quantitative estimate of drug-likeness (QED) is 0.0471. The number of carbonyl (C=O) groups is 3. The Bertz CT molecular complexity index is 709. The van der Waals surface area contributed by atoms with E-state index in [4.69, 9.17) is 45.6 Å². The van der Waals surface area contributed by atoms with Crippen molar-refractivity contribution in [3.63, 3.8) is 0 Å². The molecule has 0 spiro atoms. The summed E-state index contributed by atoms with van der Waals surface area (Å²) in [7, 11) is 1.62. The van der Waals surface area contributed by atoms with E-state index < -0.39 is 12.1 Å². The van der Waals surface area contributed by atoms with Crippen LogP contribution in [0.5, 0.6) is 0 Å². The van der Waals surface area contributed by atoms with Crippen LogP contribution in [0, 0.1) is 0 Å². The molecule has 0 aromatic carbocycles. The van der Waals surface area contributed by atoms with E-state index in [0.717, 1.165) is 25.7 Å². The summed E-state index contributed by atoms with van der Waals surface area (Å²) in [6.45, 7) is 7.21. The molecule has 0 saturated carbocycles. The van der Waals surface area contributed by atoms with Crippen molar-refractivity contribution >= 4 is 17.7 Å². The third kappa shape index (κ3) is 29.2. The standard InChI is InChI=1S/C30H62N6O9/c1-40-18-19-44-25-22-43-17-10-28(37)34-13-6-15-41-20-23-45-24-21-42-16-7-14-35-30(39)27(9-3-5-12-32)36-29(38)26(33)8-2-4-11-31/h26-27H,2-25,31-33H2,1H3,(H,34,37)(H,35,39)(H,36,38)/t26-,27-/m0/s1. The first-order chi connectivity index (χ1) is 22.0. The predicted molar refractivity (Wildman–Crippen MR) is 172 cm³/mol. The predicted octanol–water partition coefficient (Wildman–Crippen LogP) is -0.811. The summed E-state index contributed by atoms with van der Waals surface area (Å²) in [5.41, 5.74) is 17.0. The molecule has 0 bridgehead atoms. The van der Waals surface area contributed by atoms with Gasteiger partial charge in [-0.1, -0.05) is 6.42 Å². The first-order valence-corrected chi connectivity index (χ1v) is 16.3. The number of ether oxygens (including phenoxy) is 6. The number of nitrogens with two attached hydrogens (primary N) is 3. The molecule has 15 heteroatoms. The Morgan fingerprint density at radius 2 is 1.07 bits per heavy atom. The number of methoxy groups -OCH3 is 1. The molecule has 0 aromatic heterocycles. The number of rotatable bonds is 34. The van der Waals surface area contributed by atoms with Gasteiger partial charge in [0.25, 0.3) is 0 Å². The molecule has 266 valence electrons. The zero-order chi connectivity index (χ0) is 33.2. The van der Waals surface area contributed by atoms with Crippen molar-refractivity contribution in [1.29, 1.82) is 0 Å². The van der Waals surface area contributed by atoms with Gasteiger partial charge in [0.05, 0.1) is 65.5 Å². The highest BCUT2D eigenvalue weighted by molar-refractivity contribution is 5.89. The summed E-state index contributed by atoms with van der Waals surface area (Å²) in [5.74, 6) is -0.615. The third-order valence-corrected chi connectivity index (χ3v) is 6.46. The van der Waals surface area contributed by atoms with E-state index in [9.17, 15) is 14.4 Å². The minimum Gasteiger partial charge on any atom is -0.382 e. The summed E-state index contributed by atoms with van der Waals surface area (Å²) >= 11 is 0. The zero-order valence-electron chi connectivity index (χ0n) is 27.5. The van der Waals surface area contributed by atoms with E-state index in [1.165, 1.54) is 0 Å². The van der Waals surface area contributed by atoms with Crippen molar-refractivity contribution in [1.82, 2.24) is 16.0 Å². The van der Waals surface area contributed by atoms with Gasteiger partial charge in [-0.05, 0) is 58.0 Å². The molecule has 0 aliphatic heterocycles. The summed E-state index contributed by atoms with van der Waals surface area (Å²) in [6, 6.07) is -1.31. The van der Waals surface area contributed by atoms with Gasteiger partial charge in [0.15, 0.2) is 0 Å². The monoisotopic (exact) mass is 650 g/mol. The molecule has 9 N–H and O–H groups in total. The van der Waals surface area contributed by atoms with Gasteiger partial charge in [0.2, 0.25) is 17.7 Å². The Morgan fingerprint density at radius 1 is 0.578 bits per heavy atom. The number of carbonyl (C=O) groups excluding carboxylic acids is 3. The molecule has 2 atom stereocenters. The average molecular weight is 651 g/mol. The second kappa shape index (κ2) is 33.4. The molecule has 0 aliphatic carbocycles. The lowest BCUT2D eigenvalue weighted by Crippen LogP contribution is -2.51. The second-order valence-corrected chi connectivity index (χ2v) is 10.4. The Labute approximate surface area is 269 Å². The molecule has 0 aromatic rings. The van der Waals surface area contributed by atoms with Crippen molar-refractivity contribution in [2.45, 2.75) is 69.9 Å². The van der Waals surface area contributed by atoms with Crippen LogP contribution in [0.2, 0.25) is 0 Å². The summed E-state index contributed by atoms with van der Waals surface area (Å²) < 4.78 is 32.1. The molecule has 45 heavy (non-hydrogen) atoms. The number of unbranched alkanes of at least 4 members (excludes halogenated alkanes) is 2. The molecule has 0 saturated heterocycles. The van der Waals surface area contributed by atoms with Crippen LogP contribution in [0.15, 0.2) is 0 Å². The molecule has 15 nitrogen and oxygen atoms in total. The fourth-order valence-corrected chi connectivity index (χ4v) is 3.85. The van der Waals surface area contributed by atoms with Gasteiger partial charge in [-0.3, -0.25) is 14.4 Å². The van der Waals surface area contributed by atoms with E-state index in [-0.39, 0.29) is 17.7 Å². The molecule has 3 amide bonds. The highest BCUT2D eigenvalue weighted by Crippen LogP contribution is 2.04. The number of nitrogens with one attached hydrogen (secondary N) is 3. The molecule has 0 aliphatic rings. The maximum atomic E-state index is 12.7. The van der Waals surface area contributed by atoms with Crippen LogP contribution in [-0.2, 0) is 42.8 Å². The molecule has 0 unspecified atom stereocenters. The summed E-state index contributed by atoms with van der Waals surface area (Å²) in [5, 5.41) is 8.49. The van der Waals surface area contributed by atoms with Crippen LogP contribution in [0.1, 0.15) is 57.8 Å². The first kappa shape index (κ1) is 43.0. The van der Waals surface area contributed by atoms with Gasteiger partial charge < -0.3 is 61.6 Å². The van der Waals surface area contributed by atoms with Crippen molar-refractivity contribution in [2.75, 3.05) is 106 Å². The molecular weight excluding hydrogens is 588 g/mol. The molecule has 0 fully saturated rings. The van der Waals surface area contributed by atoms with Gasteiger partial charge in [-0.25, -0.2) is 0 Å². The van der Waals surface area contributed by atoms with Crippen LogP contribution in [0.4, 0.5) is 0 Å². The van der Waals surface area contributed by atoms with Gasteiger partial charge in [-0.2, -0.15) is 0 Å². The first-order valence-electron chi connectivity index (χ1n) is 16.3. The van der Waals surface area contributed by atoms with Crippen LogP contribution in [-0.4, -0.2) is 136 Å². The second-order valence-electron chi connectivity index (χ2n) is 10.4. The molecular formula is C30H62N6O9. The lowest BCUT2D eigenvalue weighted by molar-refractivity contribution is -0.129. The minimum atomic E-state index is -0.664. The maximum Gasteiger partial charge on any atom is 0.242 e. The Kier molecular flexibility index (Phi) is 32.0. The average Bonchev–Trinajstić information content (AvgIpc) is 3.03. The lowest BCUT2D eigenvalue weighted by atomic mass is 10.1. The normalized spacial score (nSPS) is 12.5. The highest BCUT2D eigenvalue weighted by atomic mass is 16.5. The largest absolute Gasteiger partial charge is 0.382 e. The summed E-state index contributed by atoms with van der Waals surface area (Å²) in [6.07, 6.45) is 5.76. The van der Waals surface area contributed by atoms with Crippen molar-refractivity contribution in [2.24, 2.45) is 17.2 Å². The van der Waals surface area contributed by atoms with Gasteiger partial charge in [0, 0.05) is 39.8 Å². The highest BCUT2D eigenvalue weighted by Gasteiger charge is 2.23. The van der Waals surface area contributed by atoms with Gasteiger partial charge in [-0.15, -0.1) is 0 Å². The smallest absolute Gasteiger partial charge is 0.242 e. The minimum absolute atomic E-state index is 0.0532. The van der Waals surface area contributed by atoms with E-state index in [1.54, 1.807) is 7.11 Å². The fraction of sp³-hybridized carbons (Fsp3) is 0.900. The number of hydrogen-bond acceptors (Lipinski definition) is 12. The fourth-order valence-electron chi connectivity index (χ4n) is 3.85. The third-order valence-electron chi connectivity index (χ3n) is 6.46. The number of hydrogen-bond donors (Lipinski definition) is 6. The lowest BCUT2D eigenvalue weighted by Gasteiger charge is -2.21. The Morgan fingerprint density at radius 3 is 1.62 bits per heavy atom. The number of amides is 3. The van der Waals surface area contributed by atoms with Crippen LogP contribution < -0.4 is 33.2 Å². The maximum absolute atomic E-state index is 12.7. The molecule has 0 heterocycles. The molecule has 0 rings (SSSR count). The van der Waals surface area contributed by atoms with Crippen LogP contribution in [0.25, 0.3) is 0 Å². The Hall–Kier alpha value is -1.95. The Balaban J connectivity index is 3.70. The van der Waals surface area contributed by atoms with Crippen molar-refractivity contribution in [3.8, 4) is 0 Å². The molecule has 0 radical (unpaired) electrons. The van der Waals surface area contributed by atoms with E-state index in [0.29, 0.717) is 131 Å². The van der Waals surface area contributed by atoms with E-state index in [2.05, 4.69) is 16.0 Å². The SMILES string of the molecule is COCCOCCOCCC(=O)NCCCOCCOCCOCCCNC(=O)[C@H](CCCCN)NC(=O)[C@@H](N)CCCCN. The van der Waals surface area contributed by atoms with E-state index in [1.807, 2.05) is 0 Å². The summed E-state index contributed by atoms with van der Waals surface area (Å²) in [4.78, 5) is 36.9. The van der Waals surface area contributed by atoms with Crippen LogP contribution >= 0.6 is 0 Å². The van der Waals surface area contributed by atoms with Gasteiger partial charge in [0.1, 0.15) is 6.04 Å².